The third-order valence-corrected chi connectivity index (χ3v) is 6.63. The van der Waals surface area contributed by atoms with Gasteiger partial charge in [0.05, 0.1) is 22.0 Å². The molecule has 1 saturated heterocycles. The molecule has 0 aliphatic carbocycles. The summed E-state index contributed by atoms with van der Waals surface area (Å²) in [6.45, 7) is 3.13. The van der Waals surface area contributed by atoms with E-state index in [1.54, 1.807) is 43.3 Å². The number of nitrogens with one attached hydrogen (secondary N) is 1. The number of aromatic nitrogens is 2. The molecule has 7 nitrogen and oxygen atoms in total. The SMILES string of the molecule is CC(O)C1CCCN(c2nc3ccccc3nc2NS(=O)(=O)c2ccccc2)C1. The van der Waals surface area contributed by atoms with E-state index in [1.807, 2.05) is 23.1 Å². The van der Waals surface area contributed by atoms with Crippen LogP contribution in [0.1, 0.15) is 19.8 Å². The highest BCUT2D eigenvalue weighted by Gasteiger charge is 2.28. The van der Waals surface area contributed by atoms with Gasteiger partial charge >= 0.3 is 0 Å². The van der Waals surface area contributed by atoms with Crippen LogP contribution in [0.2, 0.25) is 0 Å². The van der Waals surface area contributed by atoms with Crippen LogP contribution < -0.4 is 9.62 Å². The van der Waals surface area contributed by atoms with Crippen LogP contribution in [0.25, 0.3) is 11.0 Å². The van der Waals surface area contributed by atoms with Gasteiger partial charge in [-0.25, -0.2) is 18.4 Å². The molecule has 1 aromatic heterocycles. The molecule has 4 rings (SSSR count). The fourth-order valence-electron chi connectivity index (χ4n) is 3.66. The summed E-state index contributed by atoms with van der Waals surface area (Å²) in [4.78, 5) is 11.5. The number of rotatable bonds is 5. The lowest BCUT2D eigenvalue weighted by atomic mass is 9.93. The number of hydrogen-bond donors (Lipinski definition) is 2. The van der Waals surface area contributed by atoms with E-state index < -0.39 is 16.1 Å². The molecule has 2 atom stereocenters. The largest absolute Gasteiger partial charge is 0.393 e. The van der Waals surface area contributed by atoms with Gasteiger partial charge in [0.1, 0.15) is 0 Å². The molecule has 8 heteroatoms. The Morgan fingerprint density at radius 3 is 2.41 bits per heavy atom. The van der Waals surface area contributed by atoms with E-state index in [4.69, 9.17) is 4.98 Å². The van der Waals surface area contributed by atoms with E-state index in [2.05, 4.69) is 9.71 Å². The zero-order chi connectivity index (χ0) is 20.4. The minimum Gasteiger partial charge on any atom is -0.393 e. The van der Waals surface area contributed by atoms with Gasteiger partial charge in [-0.05, 0) is 44.0 Å². The number of aliphatic hydroxyl groups excluding tert-OH is 1. The van der Waals surface area contributed by atoms with Crippen LogP contribution in [0.3, 0.4) is 0 Å². The quantitative estimate of drug-likeness (QED) is 0.669. The van der Waals surface area contributed by atoms with Gasteiger partial charge in [-0.2, -0.15) is 0 Å². The van der Waals surface area contributed by atoms with Crippen LogP contribution in [0.5, 0.6) is 0 Å². The van der Waals surface area contributed by atoms with E-state index in [0.29, 0.717) is 23.4 Å². The molecule has 1 aliphatic heterocycles. The van der Waals surface area contributed by atoms with Crippen molar-refractivity contribution in [2.45, 2.75) is 30.8 Å². The Bertz CT molecular complexity index is 1100. The van der Waals surface area contributed by atoms with Crippen molar-refractivity contribution in [2.75, 3.05) is 22.7 Å². The van der Waals surface area contributed by atoms with Crippen molar-refractivity contribution in [1.29, 1.82) is 0 Å². The summed E-state index contributed by atoms with van der Waals surface area (Å²) in [6, 6.07) is 15.6. The van der Waals surface area contributed by atoms with Crippen molar-refractivity contribution in [1.82, 2.24) is 9.97 Å². The highest BCUT2D eigenvalue weighted by molar-refractivity contribution is 7.92. The lowest BCUT2D eigenvalue weighted by molar-refractivity contribution is 0.115. The zero-order valence-corrected chi connectivity index (χ0v) is 17.0. The Hall–Kier alpha value is -2.71. The average molecular weight is 413 g/mol. The van der Waals surface area contributed by atoms with Gasteiger partial charge < -0.3 is 10.0 Å². The molecule has 0 bridgehead atoms. The van der Waals surface area contributed by atoms with E-state index in [0.717, 1.165) is 19.4 Å². The van der Waals surface area contributed by atoms with Crippen molar-refractivity contribution in [3.8, 4) is 0 Å². The Morgan fingerprint density at radius 1 is 1.07 bits per heavy atom. The summed E-state index contributed by atoms with van der Waals surface area (Å²) in [5.74, 6) is 0.808. The highest BCUT2D eigenvalue weighted by atomic mass is 32.2. The Balaban J connectivity index is 1.77. The molecular formula is C21H24N4O3S. The van der Waals surface area contributed by atoms with Crippen LogP contribution >= 0.6 is 0 Å². The second kappa shape index (κ2) is 7.96. The number of hydrogen-bond acceptors (Lipinski definition) is 6. The van der Waals surface area contributed by atoms with Crippen LogP contribution in [0.4, 0.5) is 11.6 Å². The highest BCUT2D eigenvalue weighted by Crippen LogP contribution is 2.31. The van der Waals surface area contributed by atoms with Gasteiger partial charge in [-0.15, -0.1) is 0 Å². The molecule has 0 saturated carbocycles. The topological polar surface area (TPSA) is 95.4 Å². The van der Waals surface area contributed by atoms with E-state index in [1.165, 1.54) is 0 Å². The molecule has 29 heavy (non-hydrogen) atoms. The molecule has 0 spiro atoms. The van der Waals surface area contributed by atoms with Crippen molar-refractivity contribution < 1.29 is 13.5 Å². The fraction of sp³-hybridized carbons (Fsp3) is 0.333. The van der Waals surface area contributed by atoms with Crippen molar-refractivity contribution in [3.63, 3.8) is 0 Å². The second-order valence-electron chi connectivity index (χ2n) is 7.39. The lowest BCUT2D eigenvalue weighted by Crippen LogP contribution is -2.40. The number of aliphatic hydroxyl groups is 1. The van der Waals surface area contributed by atoms with Gasteiger partial charge in [0, 0.05) is 19.0 Å². The molecule has 2 unspecified atom stereocenters. The first-order chi connectivity index (χ1) is 13.9. The summed E-state index contributed by atoms with van der Waals surface area (Å²) in [5.41, 5.74) is 1.32. The molecule has 2 heterocycles. The summed E-state index contributed by atoms with van der Waals surface area (Å²) in [5, 5.41) is 10.0. The number of piperidine rings is 1. The molecule has 1 aliphatic rings. The summed E-state index contributed by atoms with van der Waals surface area (Å²) < 4.78 is 28.4. The lowest BCUT2D eigenvalue weighted by Gasteiger charge is -2.35. The maximum atomic E-state index is 12.9. The van der Waals surface area contributed by atoms with E-state index >= 15 is 0 Å². The number of sulfonamides is 1. The van der Waals surface area contributed by atoms with Gasteiger partial charge in [-0.1, -0.05) is 30.3 Å². The molecular weight excluding hydrogens is 388 g/mol. The molecule has 0 radical (unpaired) electrons. The fourth-order valence-corrected chi connectivity index (χ4v) is 4.69. The van der Waals surface area contributed by atoms with Gasteiger partial charge in [0.25, 0.3) is 10.0 Å². The van der Waals surface area contributed by atoms with Crippen LogP contribution in [-0.4, -0.2) is 42.7 Å². The molecule has 0 amide bonds. The van der Waals surface area contributed by atoms with Crippen LogP contribution in [-0.2, 0) is 10.0 Å². The monoisotopic (exact) mass is 412 g/mol. The molecule has 1 fully saturated rings. The molecule has 2 N–H and O–H groups in total. The van der Waals surface area contributed by atoms with Crippen molar-refractivity contribution >= 4 is 32.7 Å². The van der Waals surface area contributed by atoms with Crippen LogP contribution in [0, 0.1) is 5.92 Å². The van der Waals surface area contributed by atoms with Gasteiger partial charge in [-0.3, -0.25) is 4.72 Å². The van der Waals surface area contributed by atoms with Gasteiger partial charge in [0.15, 0.2) is 11.6 Å². The van der Waals surface area contributed by atoms with Crippen LogP contribution in [0.15, 0.2) is 59.5 Å². The number of benzene rings is 2. The normalized spacial score (nSPS) is 18.6. The second-order valence-corrected chi connectivity index (χ2v) is 9.07. The van der Waals surface area contributed by atoms with E-state index in [9.17, 15) is 13.5 Å². The Morgan fingerprint density at radius 2 is 1.72 bits per heavy atom. The average Bonchev–Trinajstić information content (AvgIpc) is 2.73. The predicted molar refractivity (Wildman–Crippen MR) is 113 cm³/mol. The smallest absolute Gasteiger partial charge is 0.263 e. The van der Waals surface area contributed by atoms with E-state index in [-0.39, 0.29) is 16.6 Å². The Labute approximate surface area is 170 Å². The molecule has 152 valence electrons. The maximum absolute atomic E-state index is 12.9. The minimum absolute atomic E-state index is 0.107. The maximum Gasteiger partial charge on any atom is 0.263 e. The number of nitrogens with zero attached hydrogens (tertiary/aromatic N) is 3. The predicted octanol–water partition coefficient (Wildman–Crippen LogP) is 3.03. The third kappa shape index (κ3) is 4.18. The molecule has 3 aromatic rings. The first-order valence-electron chi connectivity index (χ1n) is 9.72. The Kier molecular flexibility index (Phi) is 5.38. The van der Waals surface area contributed by atoms with Crippen molar-refractivity contribution in [2.24, 2.45) is 5.92 Å². The number of fused-ring (bicyclic) bond motifs is 1. The minimum atomic E-state index is -3.80. The summed E-state index contributed by atoms with van der Waals surface area (Å²) >= 11 is 0. The standard InChI is InChI=1S/C21H24N4O3S/c1-15(26)16-8-7-13-25(14-16)21-20(22-18-11-5-6-12-19(18)23-21)24-29(27,28)17-9-3-2-4-10-17/h2-6,9-12,15-16,26H,7-8,13-14H2,1H3,(H,22,24). The summed E-state index contributed by atoms with van der Waals surface area (Å²) in [7, 11) is -3.80. The first-order valence-corrected chi connectivity index (χ1v) is 11.2. The third-order valence-electron chi connectivity index (χ3n) is 5.28. The first kappa shape index (κ1) is 19.6. The van der Waals surface area contributed by atoms with Gasteiger partial charge in [0.2, 0.25) is 0 Å². The summed E-state index contributed by atoms with van der Waals surface area (Å²) in [6.07, 6.45) is 1.39. The van der Waals surface area contributed by atoms with Crippen molar-refractivity contribution in [3.05, 3.63) is 54.6 Å². The molecule has 2 aromatic carbocycles. The number of para-hydroxylation sites is 2. The zero-order valence-electron chi connectivity index (χ0n) is 16.2. The number of anilines is 2.